The van der Waals surface area contributed by atoms with Gasteiger partial charge in [-0.15, -0.1) is 0 Å². The first-order chi connectivity index (χ1) is 12.4. The molecule has 3 aromatic rings. The van der Waals surface area contributed by atoms with E-state index >= 15 is 0 Å². The van der Waals surface area contributed by atoms with Crippen LogP contribution in [0.1, 0.15) is 11.4 Å². The van der Waals surface area contributed by atoms with E-state index in [0.29, 0.717) is 5.82 Å². The minimum absolute atomic E-state index is 0.213. The van der Waals surface area contributed by atoms with Crippen molar-refractivity contribution in [3.05, 3.63) is 60.2 Å². The Morgan fingerprint density at radius 1 is 1.04 bits per heavy atom. The molecule has 0 unspecified atom stereocenters. The smallest absolute Gasteiger partial charge is 0.154 e. The molecule has 6 heteroatoms. The molecule has 0 aliphatic rings. The lowest BCUT2D eigenvalue weighted by Gasteiger charge is -2.09. The van der Waals surface area contributed by atoms with E-state index in [4.69, 9.17) is 5.11 Å². The lowest BCUT2D eigenvalue weighted by molar-refractivity contribution is 0.322. The van der Waals surface area contributed by atoms with Gasteiger partial charge in [0.1, 0.15) is 5.82 Å². The minimum atomic E-state index is 0.213. The van der Waals surface area contributed by atoms with Gasteiger partial charge in [-0.3, -0.25) is 4.98 Å². The van der Waals surface area contributed by atoms with Gasteiger partial charge < -0.3 is 10.4 Å². The molecule has 2 heterocycles. The van der Waals surface area contributed by atoms with Gasteiger partial charge in [-0.1, -0.05) is 18.2 Å². The summed E-state index contributed by atoms with van der Waals surface area (Å²) in [5.41, 5.74) is 1.92. The van der Waals surface area contributed by atoms with Crippen LogP contribution >= 0.6 is 11.8 Å². The van der Waals surface area contributed by atoms with Gasteiger partial charge in [0.25, 0.3) is 0 Å². The van der Waals surface area contributed by atoms with Gasteiger partial charge >= 0.3 is 0 Å². The van der Waals surface area contributed by atoms with Crippen LogP contribution in [0.2, 0.25) is 0 Å². The van der Waals surface area contributed by atoms with Crippen molar-refractivity contribution < 1.29 is 5.11 Å². The number of hydrogen-bond donors (Lipinski definition) is 2. The second-order valence-electron chi connectivity index (χ2n) is 5.33. The Morgan fingerprint density at radius 3 is 2.80 bits per heavy atom. The van der Waals surface area contributed by atoms with Crippen molar-refractivity contribution >= 4 is 40.6 Å². The van der Waals surface area contributed by atoms with Crippen LogP contribution in [-0.2, 0) is 0 Å². The molecule has 1 aromatic carbocycles. The number of benzene rings is 1. The van der Waals surface area contributed by atoms with Crippen molar-refractivity contribution in [1.29, 1.82) is 0 Å². The molecule has 2 aromatic heterocycles. The maximum Gasteiger partial charge on any atom is 0.154 e. The molecule has 0 fully saturated rings. The number of para-hydroxylation sites is 1. The monoisotopic (exact) mass is 352 g/mol. The number of aliphatic hydroxyl groups is 1. The summed E-state index contributed by atoms with van der Waals surface area (Å²) >= 11 is 1.71. The highest BCUT2D eigenvalue weighted by molar-refractivity contribution is 7.99. The van der Waals surface area contributed by atoms with Crippen molar-refractivity contribution in [2.24, 2.45) is 0 Å². The molecule has 0 saturated carbocycles. The fourth-order valence-electron chi connectivity index (χ4n) is 2.36. The Labute approximate surface area is 151 Å². The second kappa shape index (κ2) is 9.15. The Hall–Kier alpha value is -2.44. The van der Waals surface area contributed by atoms with Crippen molar-refractivity contribution in [3.8, 4) is 0 Å². The Morgan fingerprint density at radius 2 is 1.96 bits per heavy atom. The molecule has 0 radical (unpaired) electrons. The molecule has 5 nitrogen and oxygen atoms in total. The largest absolute Gasteiger partial charge is 0.396 e. The van der Waals surface area contributed by atoms with Gasteiger partial charge in [0.05, 0.1) is 12.1 Å². The van der Waals surface area contributed by atoms with E-state index in [9.17, 15) is 0 Å². The predicted molar refractivity (Wildman–Crippen MR) is 106 cm³/mol. The molecular formula is C19H20N4OS. The highest BCUT2D eigenvalue weighted by Crippen LogP contribution is 2.21. The molecule has 0 spiro atoms. The third kappa shape index (κ3) is 5.01. The van der Waals surface area contributed by atoms with Gasteiger partial charge in [-0.25, -0.2) is 9.97 Å². The van der Waals surface area contributed by atoms with E-state index in [0.717, 1.165) is 40.3 Å². The number of aromatic nitrogens is 3. The molecule has 0 bridgehead atoms. The summed E-state index contributed by atoms with van der Waals surface area (Å²) in [6.07, 6.45) is 7.41. The van der Waals surface area contributed by atoms with Gasteiger partial charge in [0, 0.05) is 35.8 Å². The van der Waals surface area contributed by atoms with Crippen LogP contribution in [0, 0.1) is 0 Å². The number of fused-ring (bicyclic) bond motifs is 1. The average molecular weight is 352 g/mol. The lowest BCUT2D eigenvalue weighted by Crippen LogP contribution is -2.08. The topological polar surface area (TPSA) is 70.9 Å². The maximum absolute atomic E-state index is 8.84. The van der Waals surface area contributed by atoms with Gasteiger partial charge in [-0.05, 0) is 35.9 Å². The third-order valence-corrected chi connectivity index (χ3v) is 4.47. The summed E-state index contributed by atoms with van der Waals surface area (Å²) in [5.74, 6) is 3.17. The number of nitrogens with one attached hydrogen (secondary N) is 1. The van der Waals surface area contributed by atoms with Crippen LogP contribution in [0.15, 0.2) is 48.8 Å². The first kappa shape index (κ1) is 17.4. The second-order valence-corrected chi connectivity index (χ2v) is 6.55. The molecule has 0 aliphatic carbocycles. The molecule has 0 aliphatic heterocycles. The number of anilines is 1. The zero-order valence-electron chi connectivity index (χ0n) is 13.8. The summed E-state index contributed by atoms with van der Waals surface area (Å²) in [6, 6.07) is 11.9. The zero-order valence-corrected chi connectivity index (χ0v) is 14.6. The van der Waals surface area contributed by atoms with E-state index in [1.807, 2.05) is 48.6 Å². The fraction of sp³-hybridized carbons (Fsp3) is 0.211. The Bertz CT molecular complexity index is 839. The zero-order chi connectivity index (χ0) is 17.3. The van der Waals surface area contributed by atoms with Gasteiger partial charge in [0.15, 0.2) is 5.82 Å². The summed E-state index contributed by atoms with van der Waals surface area (Å²) in [4.78, 5) is 13.4. The predicted octanol–water partition coefficient (Wildman–Crippen LogP) is 3.33. The molecule has 25 heavy (non-hydrogen) atoms. The lowest BCUT2D eigenvalue weighted by atomic mass is 10.2. The number of hydrogen-bond acceptors (Lipinski definition) is 6. The molecule has 0 saturated heterocycles. The van der Waals surface area contributed by atoms with E-state index < -0.39 is 0 Å². The SMILES string of the molecule is OCCSCCNc1nc(C=Cc2cccnc2)nc2ccccc12. The van der Waals surface area contributed by atoms with E-state index in [1.54, 1.807) is 24.2 Å². The quantitative estimate of drug-likeness (QED) is 0.606. The Kier molecular flexibility index (Phi) is 6.36. The van der Waals surface area contributed by atoms with Crippen LogP contribution in [0.5, 0.6) is 0 Å². The van der Waals surface area contributed by atoms with Gasteiger partial charge in [-0.2, -0.15) is 11.8 Å². The number of aliphatic hydroxyl groups excluding tert-OH is 1. The van der Waals surface area contributed by atoms with Gasteiger partial charge in [0.2, 0.25) is 0 Å². The number of rotatable bonds is 8. The maximum atomic E-state index is 8.84. The number of pyridine rings is 1. The van der Waals surface area contributed by atoms with Crippen molar-refractivity contribution in [3.63, 3.8) is 0 Å². The van der Waals surface area contributed by atoms with Crippen LogP contribution in [0.4, 0.5) is 5.82 Å². The highest BCUT2D eigenvalue weighted by atomic mass is 32.2. The summed E-state index contributed by atoms with van der Waals surface area (Å²) in [6.45, 7) is 1.00. The fourth-order valence-corrected chi connectivity index (χ4v) is 2.94. The number of thioether (sulfide) groups is 1. The van der Waals surface area contributed by atoms with Crippen LogP contribution in [-0.4, -0.2) is 44.7 Å². The first-order valence-corrected chi connectivity index (χ1v) is 9.29. The van der Waals surface area contributed by atoms with E-state index in [1.165, 1.54) is 0 Å². The van der Waals surface area contributed by atoms with Crippen molar-refractivity contribution in [2.45, 2.75) is 0 Å². The Balaban J connectivity index is 1.80. The summed E-state index contributed by atoms with van der Waals surface area (Å²) in [5, 5.41) is 13.2. The molecular weight excluding hydrogens is 332 g/mol. The van der Waals surface area contributed by atoms with E-state index in [-0.39, 0.29) is 6.61 Å². The molecule has 3 rings (SSSR count). The normalized spacial score (nSPS) is 11.2. The number of nitrogens with zero attached hydrogens (tertiary/aromatic N) is 3. The highest BCUT2D eigenvalue weighted by Gasteiger charge is 2.05. The van der Waals surface area contributed by atoms with Crippen LogP contribution < -0.4 is 5.32 Å². The molecule has 0 amide bonds. The van der Waals surface area contributed by atoms with Crippen LogP contribution in [0.3, 0.4) is 0 Å². The first-order valence-electron chi connectivity index (χ1n) is 8.14. The third-order valence-electron chi connectivity index (χ3n) is 3.50. The standard InChI is InChI=1S/C19H20N4OS/c24-11-13-25-12-10-21-19-16-5-1-2-6-17(16)22-18(23-19)8-7-15-4-3-9-20-14-15/h1-9,14,24H,10-13H2,(H,21,22,23). The molecule has 128 valence electrons. The van der Waals surface area contributed by atoms with Crippen molar-refractivity contribution in [1.82, 2.24) is 15.0 Å². The van der Waals surface area contributed by atoms with E-state index in [2.05, 4.69) is 20.3 Å². The van der Waals surface area contributed by atoms with Crippen LogP contribution in [0.25, 0.3) is 23.1 Å². The van der Waals surface area contributed by atoms with Crippen molar-refractivity contribution in [2.75, 3.05) is 30.0 Å². The minimum Gasteiger partial charge on any atom is -0.396 e. The molecule has 2 N–H and O–H groups in total. The summed E-state index contributed by atoms with van der Waals surface area (Å²) in [7, 11) is 0. The molecule has 0 atom stereocenters. The summed E-state index contributed by atoms with van der Waals surface area (Å²) < 4.78 is 0. The average Bonchev–Trinajstić information content (AvgIpc) is 2.67.